The molecule has 6 aromatic heterocycles. The minimum atomic E-state index is 0.611. The van der Waals surface area contributed by atoms with E-state index in [1.807, 2.05) is 109 Å². The Morgan fingerprint density at radius 2 is 0.390 bits per heavy atom. The normalized spacial score (nSPS) is 11.7. The summed E-state index contributed by atoms with van der Waals surface area (Å²) >= 11 is 0. The van der Waals surface area contributed by atoms with Crippen molar-refractivity contribution in [1.82, 2.24) is 74.8 Å². The second-order valence-electron chi connectivity index (χ2n) is 35.2. The lowest BCUT2D eigenvalue weighted by Gasteiger charge is -2.14. The van der Waals surface area contributed by atoms with Gasteiger partial charge in [0, 0.05) is 119 Å². The number of rotatable bonds is 15. The molecule has 660 valence electrons. The first kappa shape index (κ1) is 83.8. The largest absolute Gasteiger partial charge is 0.236 e. The number of fused-ring (bicyclic) bond motifs is 12. The lowest BCUT2D eigenvalue weighted by atomic mass is 9.94. The van der Waals surface area contributed by atoms with Gasteiger partial charge in [-0.15, -0.1) is 0 Å². The highest BCUT2D eigenvalue weighted by Gasteiger charge is 2.31. The van der Waals surface area contributed by atoms with Crippen LogP contribution in [0.3, 0.4) is 0 Å². The lowest BCUT2D eigenvalue weighted by molar-refractivity contribution is 1.07. The van der Waals surface area contributed by atoms with Crippen LogP contribution in [0, 0.1) is 0 Å². The Hall–Kier alpha value is -19.0. The van der Waals surface area contributed by atoms with Crippen LogP contribution in [0.5, 0.6) is 0 Å². The summed E-state index contributed by atoms with van der Waals surface area (Å²) in [6.45, 7) is 0. The third-order valence-electron chi connectivity index (χ3n) is 26.6. The van der Waals surface area contributed by atoms with Crippen LogP contribution in [0.15, 0.2) is 456 Å². The molecule has 18 aromatic carbocycles. The summed E-state index contributed by atoms with van der Waals surface area (Å²) in [5, 5.41) is 6.54. The van der Waals surface area contributed by atoms with Crippen LogP contribution >= 0.6 is 0 Å². The van der Waals surface area contributed by atoms with Crippen molar-refractivity contribution in [2.75, 3.05) is 0 Å². The minimum absolute atomic E-state index is 0.611. The number of benzene rings is 18. The molecule has 0 fully saturated rings. The molecule has 0 unspecified atom stereocenters. The maximum atomic E-state index is 5.17. The van der Waals surface area contributed by atoms with Crippen molar-refractivity contribution in [2.24, 2.45) is 0 Å². The standard InChI is InChI=1S/3C42H27N5/c1-3-12-27(13-4-1)29-18-11-19-32(22-29)41-45-40(28-14-5-2-6-15-28)46-42(47-41)33-23-30-16-7-9-20-34(30)36(25-33)39-37-24-31-17-8-10-21-35(31)38(37)43-26-44-39;1-3-12-27(13-4-1)29-18-11-19-32(22-29)41-45-40(28-14-5-2-6-15-28)46-42(47-41)36-25-33(23-30-16-7-9-20-34(30)36)38-37-24-31-17-8-10-21-35(31)39(37)44-26-43-38;1-3-12-27(13-4-1)29-17-11-18-31(24-29)41-45-40(28-14-5-2-6-15-28)46-42(47-41)36-23-22-35(33-20-9-10-21-34(33)36)39-37-25-30-16-7-8-19-32(30)38(37)43-26-44-39/h2*1-23,25-26H,24H2;1-24,26H,25H2. The Morgan fingerprint density at radius 3 is 0.794 bits per heavy atom. The number of aromatic nitrogens is 15. The molecule has 24 aromatic rings. The average molecular weight is 1810 g/mol. The van der Waals surface area contributed by atoms with E-state index >= 15 is 0 Å². The monoisotopic (exact) mass is 1800 g/mol. The Balaban J connectivity index is 0.000000111. The molecule has 15 heteroatoms. The Morgan fingerprint density at radius 1 is 0.135 bits per heavy atom. The van der Waals surface area contributed by atoms with E-state index < -0.39 is 0 Å². The van der Waals surface area contributed by atoms with Gasteiger partial charge in [0.15, 0.2) is 52.4 Å². The van der Waals surface area contributed by atoms with E-state index in [0.717, 1.165) is 197 Å². The van der Waals surface area contributed by atoms with E-state index in [4.69, 9.17) is 74.8 Å². The molecule has 0 radical (unpaired) electrons. The first-order valence-corrected chi connectivity index (χ1v) is 47.1. The summed E-state index contributed by atoms with van der Waals surface area (Å²) in [5.74, 6) is 5.63. The van der Waals surface area contributed by atoms with Crippen molar-refractivity contribution < 1.29 is 0 Å². The van der Waals surface area contributed by atoms with Crippen LogP contribution < -0.4 is 0 Å². The number of hydrogen-bond acceptors (Lipinski definition) is 15. The minimum Gasteiger partial charge on any atom is -0.236 e. The van der Waals surface area contributed by atoms with Gasteiger partial charge in [-0.05, 0) is 131 Å². The number of nitrogens with zero attached hydrogens (tertiary/aromatic N) is 15. The lowest BCUT2D eigenvalue weighted by Crippen LogP contribution is -2.01. The van der Waals surface area contributed by atoms with E-state index in [1.165, 1.54) is 38.9 Å². The van der Waals surface area contributed by atoms with Gasteiger partial charge >= 0.3 is 0 Å². The zero-order valence-electron chi connectivity index (χ0n) is 76.1. The Bertz CT molecular complexity index is 8950. The Kier molecular flexibility index (Phi) is 21.8. The van der Waals surface area contributed by atoms with Gasteiger partial charge in [0.2, 0.25) is 0 Å². The fraction of sp³-hybridized carbons (Fsp3) is 0.0238. The maximum absolute atomic E-state index is 5.17. The van der Waals surface area contributed by atoms with E-state index in [9.17, 15) is 0 Å². The molecule has 0 atom stereocenters. The van der Waals surface area contributed by atoms with Gasteiger partial charge in [0.1, 0.15) is 19.0 Å². The molecule has 0 bridgehead atoms. The summed E-state index contributed by atoms with van der Waals surface area (Å²) in [7, 11) is 0. The molecule has 0 saturated carbocycles. The fourth-order valence-electron chi connectivity index (χ4n) is 19.8. The van der Waals surface area contributed by atoms with Crippen LogP contribution in [0.4, 0.5) is 0 Å². The smallest absolute Gasteiger partial charge is 0.164 e. The Labute approximate surface area is 813 Å². The third kappa shape index (κ3) is 16.3. The highest BCUT2D eigenvalue weighted by molar-refractivity contribution is 6.06. The quantitative estimate of drug-likeness (QED) is 0.0940. The van der Waals surface area contributed by atoms with Gasteiger partial charge in [-0.3, -0.25) is 0 Å². The predicted octanol–water partition coefficient (Wildman–Crippen LogP) is 29.2. The van der Waals surface area contributed by atoms with Gasteiger partial charge in [-0.2, -0.15) is 0 Å². The van der Waals surface area contributed by atoms with Crippen LogP contribution in [-0.2, 0) is 19.3 Å². The summed E-state index contributed by atoms with van der Waals surface area (Å²) in [6.07, 6.45) is 7.47. The van der Waals surface area contributed by atoms with Crippen molar-refractivity contribution in [3.63, 3.8) is 0 Å². The summed E-state index contributed by atoms with van der Waals surface area (Å²) in [6, 6.07) is 150. The molecule has 0 N–H and O–H groups in total. The zero-order valence-corrected chi connectivity index (χ0v) is 76.1. The summed E-state index contributed by atoms with van der Waals surface area (Å²) < 4.78 is 0. The predicted molar refractivity (Wildman–Crippen MR) is 565 cm³/mol. The van der Waals surface area contributed by atoms with Gasteiger partial charge < -0.3 is 0 Å². The first-order chi connectivity index (χ1) is 69.9. The SMILES string of the molecule is c1ccc(-c2cccc(-c3nc(-c4ccccc4)nc(-c4cc(-c5ncnc6c5Cc5ccccc5-6)c5ccccc5c4)n3)c2)cc1.c1ccc(-c2cccc(-c3nc(-c4ccccc4)nc(-c4cc(-c5ncnc6c5Cc5ccccc5-6)cc5ccccc45)n3)c2)cc1.c1ccc(-c2cccc(-c3nc(-c4ccccc4)nc(-c4ccc(-c5ncnc6c5Cc5ccccc5-6)c5ccccc45)n3)c2)cc1. The van der Waals surface area contributed by atoms with Gasteiger partial charge in [0.05, 0.1) is 34.2 Å². The van der Waals surface area contributed by atoms with Crippen LogP contribution in [0.2, 0.25) is 0 Å². The molecule has 0 saturated heterocycles. The molecule has 27 rings (SSSR count). The summed E-state index contributed by atoms with van der Waals surface area (Å²) in [4.78, 5) is 74.4. The van der Waals surface area contributed by atoms with Gasteiger partial charge in [-0.25, -0.2) is 74.8 Å². The molecule has 3 aliphatic rings. The fourth-order valence-corrected chi connectivity index (χ4v) is 19.8. The molecular formula is C126H81N15. The zero-order chi connectivity index (χ0) is 93.5. The highest BCUT2D eigenvalue weighted by Crippen LogP contribution is 2.48. The number of hydrogen-bond donors (Lipinski definition) is 0. The van der Waals surface area contributed by atoms with Crippen molar-refractivity contribution in [3.05, 3.63) is 489 Å². The first-order valence-electron chi connectivity index (χ1n) is 47.1. The van der Waals surface area contributed by atoms with Crippen molar-refractivity contribution in [1.29, 1.82) is 0 Å². The molecule has 15 nitrogen and oxygen atoms in total. The van der Waals surface area contributed by atoms with Crippen LogP contribution in [-0.4, -0.2) is 74.8 Å². The van der Waals surface area contributed by atoms with E-state index in [-0.39, 0.29) is 0 Å². The molecule has 3 aliphatic carbocycles. The molecule has 6 heterocycles. The second kappa shape index (κ2) is 36.7. The molecular weight excluding hydrogens is 1720 g/mol. The molecule has 0 spiro atoms. The van der Waals surface area contributed by atoms with E-state index in [0.29, 0.717) is 52.4 Å². The van der Waals surface area contributed by atoms with Crippen molar-refractivity contribution in [2.45, 2.75) is 19.3 Å². The van der Waals surface area contributed by atoms with E-state index in [2.05, 4.69) is 328 Å². The van der Waals surface area contributed by atoms with Gasteiger partial charge in [0.25, 0.3) is 0 Å². The van der Waals surface area contributed by atoms with Crippen molar-refractivity contribution in [3.8, 4) is 203 Å². The summed E-state index contributed by atoms with van der Waals surface area (Å²) in [5.41, 5.74) is 35.0. The van der Waals surface area contributed by atoms with Crippen LogP contribution in [0.1, 0.15) is 33.4 Å². The second-order valence-corrected chi connectivity index (χ2v) is 35.2. The van der Waals surface area contributed by atoms with Crippen LogP contribution in [0.25, 0.3) is 236 Å². The molecule has 0 aliphatic heterocycles. The third-order valence-corrected chi connectivity index (χ3v) is 26.6. The highest BCUT2D eigenvalue weighted by atomic mass is 15.1. The van der Waals surface area contributed by atoms with Crippen molar-refractivity contribution >= 4 is 32.3 Å². The maximum Gasteiger partial charge on any atom is 0.164 e. The topological polar surface area (TPSA) is 193 Å². The van der Waals surface area contributed by atoms with E-state index in [1.54, 1.807) is 19.0 Å². The molecule has 141 heavy (non-hydrogen) atoms. The molecule has 0 amide bonds. The average Bonchev–Trinajstić information content (AvgIpc) is 1.40. The van der Waals surface area contributed by atoms with Gasteiger partial charge in [-0.1, -0.05) is 388 Å².